The Morgan fingerprint density at radius 2 is 2.26 bits per heavy atom. The van der Waals surface area contributed by atoms with E-state index < -0.39 is 11.7 Å². The molecule has 0 aromatic heterocycles. The van der Waals surface area contributed by atoms with Crippen molar-refractivity contribution in [2.75, 3.05) is 24.5 Å². The number of hydrogen-bond donors (Lipinski definition) is 3. The second-order valence-electron chi connectivity index (χ2n) is 6.05. The fraction of sp³-hybridized carbons (Fsp3) is 0.500. The minimum absolute atomic E-state index is 0.00867. The Kier molecular flexibility index (Phi) is 4.47. The first-order valence-corrected chi connectivity index (χ1v) is 7.96. The summed E-state index contributed by atoms with van der Waals surface area (Å²) in [5.74, 6) is -0.794. The molecule has 1 aliphatic carbocycles. The summed E-state index contributed by atoms with van der Waals surface area (Å²) in [5, 5.41) is 5.57. The molecular weight excluding hydrogens is 299 g/mol. The average molecular weight is 320 g/mol. The Bertz CT molecular complexity index is 622. The topological polar surface area (TPSA) is 87.5 Å². The summed E-state index contributed by atoms with van der Waals surface area (Å²) in [6.07, 6.45) is 2.87. The first kappa shape index (κ1) is 15.7. The summed E-state index contributed by atoms with van der Waals surface area (Å²) in [6.45, 7) is 1.56. The number of hydrogen-bond acceptors (Lipinski definition) is 3. The van der Waals surface area contributed by atoms with Gasteiger partial charge in [0.05, 0.1) is 5.56 Å². The summed E-state index contributed by atoms with van der Waals surface area (Å²) >= 11 is 0. The number of urea groups is 1. The zero-order chi connectivity index (χ0) is 16.4. The van der Waals surface area contributed by atoms with Gasteiger partial charge in [-0.1, -0.05) is 6.42 Å². The third-order valence-electron chi connectivity index (χ3n) is 4.64. The summed E-state index contributed by atoms with van der Waals surface area (Å²) in [7, 11) is 0. The number of nitrogens with two attached hydrogens (primary N) is 1. The fourth-order valence-corrected chi connectivity index (χ4v) is 3.33. The summed E-state index contributed by atoms with van der Waals surface area (Å²) in [6, 6.07) is 3.93. The monoisotopic (exact) mass is 320 g/mol. The first-order chi connectivity index (χ1) is 11.1. The Hall–Kier alpha value is -2.15. The molecule has 3 amide bonds. The zero-order valence-electron chi connectivity index (χ0n) is 12.8. The van der Waals surface area contributed by atoms with Gasteiger partial charge in [-0.3, -0.25) is 9.69 Å². The van der Waals surface area contributed by atoms with Crippen LogP contribution >= 0.6 is 0 Å². The highest BCUT2D eigenvalue weighted by molar-refractivity contribution is 5.98. The van der Waals surface area contributed by atoms with Gasteiger partial charge >= 0.3 is 6.03 Å². The molecule has 1 aromatic rings. The van der Waals surface area contributed by atoms with Crippen LogP contribution in [-0.4, -0.2) is 37.6 Å². The lowest BCUT2D eigenvalue weighted by atomic mass is 10.0. The molecule has 6 nitrogen and oxygen atoms in total. The molecular formula is C16H21FN4O2. The number of anilines is 1. The predicted molar refractivity (Wildman–Crippen MR) is 84.8 cm³/mol. The van der Waals surface area contributed by atoms with E-state index in [0.29, 0.717) is 25.3 Å². The minimum Gasteiger partial charge on any atom is -0.349 e. The van der Waals surface area contributed by atoms with Crippen molar-refractivity contribution in [3.8, 4) is 0 Å². The highest BCUT2D eigenvalue weighted by atomic mass is 19.1. The normalized spacial score (nSPS) is 23.9. The van der Waals surface area contributed by atoms with Crippen molar-refractivity contribution in [3.05, 3.63) is 29.6 Å². The molecule has 1 aromatic carbocycles. The number of amides is 3. The first-order valence-electron chi connectivity index (χ1n) is 7.96. The van der Waals surface area contributed by atoms with E-state index >= 15 is 0 Å². The van der Waals surface area contributed by atoms with Crippen LogP contribution in [0.2, 0.25) is 0 Å². The molecule has 1 saturated heterocycles. The van der Waals surface area contributed by atoms with Crippen molar-refractivity contribution < 1.29 is 14.0 Å². The fourth-order valence-electron chi connectivity index (χ4n) is 3.33. The average Bonchev–Trinajstić information content (AvgIpc) is 3.16. The second kappa shape index (κ2) is 6.54. The van der Waals surface area contributed by atoms with Crippen LogP contribution < -0.4 is 21.3 Å². The van der Waals surface area contributed by atoms with Crippen molar-refractivity contribution in [2.45, 2.75) is 25.3 Å². The number of nitrogens with one attached hydrogen (secondary N) is 2. The van der Waals surface area contributed by atoms with Gasteiger partial charge in [-0.05, 0) is 43.5 Å². The van der Waals surface area contributed by atoms with Gasteiger partial charge in [0.15, 0.2) is 0 Å². The van der Waals surface area contributed by atoms with E-state index in [1.54, 1.807) is 0 Å². The van der Waals surface area contributed by atoms with E-state index in [2.05, 4.69) is 10.6 Å². The van der Waals surface area contributed by atoms with E-state index in [4.69, 9.17) is 5.73 Å². The lowest BCUT2D eigenvalue weighted by Gasteiger charge is -2.20. The van der Waals surface area contributed by atoms with E-state index in [-0.39, 0.29) is 23.6 Å². The van der Waals surface area contributed by atoms with Crippen LogP contribution in [0.4, 0.5) is 14.9 Å². The molecule has 23 heavy (non-hydrogen) atoms. The molecule has 0 radical (unpaired) electrons. The van der Waals surface area contributed by atoms with Crippen molar-refractivity contribution in [1.82, 2.24) is 10.6 Å². The maximum absolute atomic E-state index is 14.1. The molecule has 3 rings (SSSR count). The predicted octanol–water partition coefficient (Wildman–Crippen LogP) is 1.21. The summed E-state index contributed by atoms with van der Waals surface area (Å²) < 4.78 is 14.1. The van der Waals surface area contributed by atoms with Crippen LogP contribution in [0.25, 0.3) is 0 Å². The molecule has 2 atom stereocenters. The molecule has 1 saturated carbocycles. The number of nitrogens with zero attached hydrogens (tertiary/aromatic N) is 1. The number of carbonyl (C=O) groups is 2. The third-order valence-corrected chi connectivity index (χ3v) is 4.64. The van der Waals surface area contributed by atoms with Gasteiger partial charge in [-0.2, -0.15) is 0 Å². The Labute approximate surface area is 134 Å². The van der Waals surface area contributed by atoms with Gasteiger partial charge in [0.2, 0.25) is 0 Å². The van der Waals surface area contributed by atoms with Gasteiger partial charge in [-0.25, -0.2) is 9.18 Å². The molecule has 1 aliphatic heterocycles. The van der Waals surface area contributed by atoms with Gasteiger partial charge in [-0.15, -0.1) is 0 Å². The molecule has 124 valence electrons. The second-order valence-corrected chi connectivity index (χ2v) is 6.05. The minimum atomic E-state index is -0.590. The van der Waals surface area contributed by atoms with Gasteiger partial charge in [0, 0.05) is 24.8 Å². The molecule has 0 unspecified atom stereocenters. The van der Waals surface area contributed by atoms with E-state index in [1.165, 1.54) is 23.1 Å². The molecule has 2 fully saturated rings. The maximum atomic E-state index is 14.1. The van der Waals surface area contributed by atoms with Gasteiger partial charge in [0.25, 0.3) is 5.91 Å². The van der Waals surface area contributed by atoms with Crippen LogP contribution in [0, 0.1) is 11.7 Å². The van der Waals surface area contributed by atoms with Crippen molar-refractivity contribution in [2.24, 2.45) is 11.7 Å². The van der Waals surface area contributed by atoms with E-state index in [1.807, 2.05) is 0 Å². The lowest BCUT2D eigenvalue weighted by Crippen LogP contribution is -2.40. The number of rotatable bonds is 4. The Morgan fingerprint density at radius 1 is 1.43 bits per heavy atom. The lowest BCUT2D eigenvalue weighted by molar-refractivity contribution is 0.0924. The van der Waals surface area contributed by atoms with E-state index in [0.717, 1.165) is 19.3 Å². The summed E-state index contributed by atoms with van der Waals surface area (Å²) in [4.78, 5) is 25.6. The number of benzene rings is 1. The Balaban J connectivity index is 1.78. The highest BCUT2D eigenvalue weighted by Gasteiger charge is 2.29. The quantitative estimate of drug-likeness (QED) is 0.779. The molecule has 2 aliphatic rings. The van der Waals surface area contributed by atoms with Crippen LogP contribution in [-0.2, 0) is 0 Å². The van der Waals surface area contributed by atoms with Crippen LogP contribution in [0.3, 0.4) is 0 Å². The highest BCUT2D eigenvalue weighted by Crippen LogP contribution is 2.26. The van der Waals surface area contributed by atoms with Crippen LogP contribution in [0.1, 0.15) is 29.6 Å². The molecule has 1 heterocycles. The smallest absolute Gasteiger partial charge is 0.321 e. The van der Waals surface area contributed by atoms with E-state index in [9.17, 15) is 14.0 Å². The van der Waals surface area contributed by atoms with Crippen molar-refractivity contribution in [1.29, 1.82) is 0 Å². The molecule has 0 spiro atoms. The van der Waals surface area contributed by atoms with Gasteiger partial charge < -0.3 is 16.4 Å². The Morgan fingerprint density at radius 3 is 2.96 bits per heavy atom. The maximum Gasteiger partial charge on any atom is 0.321 e. The van der Waals surface area contributed by atoms with Gasteiger partial charge in [0.1, 0.15) is 5.82 Å². The summed E-state index contributed by atoms with van der Waals surface area (Å²) in [5.41, 5.74) is 6.20. The zero-order valence-corrected chi connectivity index (χ0v) is 12.8. The molecule has 7 heteroatoms. The van der Waals surface area contributed by atoms with Crippen molar-refractivity contribution in [3.63, 3.8) is 0 Å². The van der Waals surface area contributed by atoms with Crippen molar-refractivity contribution >= 4 is 17.6 Å². The SMILES string of the molecule is NC[C@@H]1CCC[C@H]1NC(=O)c1cc(N2CCNC2=O)ccc1F. The molecule has 4 N–H and O–H groups in total. The standard InChI is InChI=1S/C16H21FN4O2/c17-13-5-4-11(21-7-6-19-16(21)23)8-12(13)15(22)20-14-3-1-2-10(14)9-18/h4-5,8,10,14H,1-3,6-7,9,18H2,(H,19,23)(H,20,22)/t10-,14+/m0/s1. The number of carbonyl (C=O) groups excluding carboxylic acids is 2. The number of halogens is 1. The third kappa shape index (κ3) is 3.14. The van der Waals surface area contributed by atoms with Crippen LogP contribution in [0.5, 0.6) is 0 Å². The largest absolute Gasteiger partial charge is 0.349 e. The molecule has 0 bridgehead atoms. The van der Waals surface area contributed by atoms with Crippen LogP contribution in [0.15, 0.2) is 18.2 Å².